The molecular formula is C16H22FNO2. The molecule has 1 aromatic carbocycles. The van der Waals surface area contributed by atoms with E-state index in [0.717, 1.165) is 12.8 Å². The first kappa shape index (κ1) is 13.8. The van der Waals surface area contributed by atoms with E-state index in [0.29, 0.717) is 42.8 Å². The average molecular weight is 279 g/mol. The maximum Gasteiger partial charge on any atom is 0.132 e. The summed E-state index contributed by atoms with van der Waals surface area (Å²) >= 11 is 0. The van der Waals surface area contributed by atoms with E-state index < -0.39 is 5.60 Å². The van der Waals surface area contributed by atoms with Gasteiger partial charge in [0.05, 0.1) is 12.2 Å². The zero-order valence-electron chi connectivity index (χ0n) is 11.9. The maximum atomic E-state index is 14.3. The highest BCUT2D eigenvalue weighted by molar-refractivity contribution is 5.33. The number of hydrogen-bond donors (Lipinski definition) is 2. The Kier molecular flexibility index (Phi) is 3.69. The molecule has 2 bridgehead atoms. The van der Waals surface area contributed by atoms with Gasteiger partial charge in [0.25, 0.3) is 0 Å². The van der Waals surface area contributed by atoms with Crippen LogP contribution >= 0.6 is 0 Å². The van der Waals surface area contributed by atoms with Gasteiger partial charge in [-0.05, 0) is 44.7 Å². The highest BCUT2D eigenvalue weighted by Gasteiger charge is 2.43. The number of halogens is 1. The van der Waals surface area contributed by atoms with E-state index in [1.54, 1.807) is 12.1 Å². The molecule has 2 heterocycles. The average Bonchev–Trinajstić information content (AvgIpc) is 2.38. The number of benzene rings is 1. The molecule has 2 saturated heterocycles. The Hall–Kier alpha value is -1.13. The van der Waals surface area contributed by atoms with Crippen molar-refractivity contribution in [1.29, 1.82) is 0 Å². The van der Waals surface area contributed by atoms with Crippen molar-refractivity contribution in [1.82, 2.24) is 5.32 Å². The van der Waals surface area contributed by atoms with Crippen LogP contribution in [0.15, 0.2) is 18.2 Å². The van der Waals surface area contributed by atoms with Crippen molar-refractivity contribution in [2.24, 2.45) is 0 Å². The van der Waals surface area contributed by atoms with Crippen molar-refractivity contribution in [3.05, 3.63) is 29.6 Å². The molecule has 1 aromatic rings. The summed E-state index contributed by atoms with van der Waals surface area (Å²) in [4.78, 5) is 0. The van der Waals surface area contributed by atoms with Gasteiger partial charge in [-0.2, -0.15) is 0 Å². The van der Waals surface area contributed by atoms with Gasteiger partial charge in [0.1, 0.15) is 11.6 Å². The van der Waals surface area contributed by atoms with Gasteiger partial charge in [-0.25, -0.2) is 4.39 Å². The Morgan fingerprint density at radius 1 is 1.35 bits per heavy atom. The van der Waals surface area contributed by atoms with Crippen LogP contribution in [-0.2, 0) is 5.60 Å². The fourth-order valence-corrected chi connectivity index (χ4v) is 3.68. The van der Waals surface area contributed by atoms with Crippen molar-refractivity contribution in [2.75, 3.05) is 6.61 Å². The summed E-state index contributed by atoms with van der Waals surface area (Å²) in [6.07, 6.45) is 4.52. The lowest BCUT2D eigenvalue weighted by molar-refractivity contribution is -0.0384. The van der Waals surface area contributed by atoms with Crippen LogP contribution in [0.1, 0.15) is 44.6 Å². The summed E-state index contributed by atoms with van der Waals surface area (Å²) in [7, 11) is 0. The van der Waals surface area contributed by atoms with E-state index in [1.165, 1.54) is 12.5 Å². The Bertz CT molecular complexity index is 479. The highest BCUT2D eigenvalue weighted by Crippen LogP contribution is 2.41. The van der Waals surface area contributed by atoms with Crippen molar-refractivity contribution in [3.63, 3.8) is 0 Å². The number of nitrogens with one attached hydrogen (secondary N) is 1. The third kappa shape index (κ3) is 2.54. The third-order valence-corrected chi connectivity index (χ3v) is 4.50. The van der Waals surface area contributed by atoms with Crippen molar-refractivity contribution in [3.8, 4) is 5.75 Å². The Balaban J connectivity index is 1.87. The van der Waals surface area contributed by atoms with Crippen LogP contribution in [0, 0.1) is 5.82 Å². The monoisotopic (exact) mass is 279 g/mol. The van der Waals surface area contributed by atoms with Crippen LogP contribution in [0.5, 0.6) is 5.75 Å². The molecule has 0 aliphatic carbocycles. The number of piperidine rings is 2. The van der Waals surface area contributed by atoms with Crippen LogP contribution < -0.4 is 10.1 Å². The lowest BCUT2D eigenvalue weighted by Crippen LogP contribution is -2.54. The smallest absolute Gasteiger partial charge is 0.132 e. The van der Waals surface area contributed by atoms with E-state index >= 15 is 0 Å². The van der Waals surface area contributed by atoms with E-state index in [9.17, 15) is 9.50 Å². The first-order valence-electron chi connectivity index (χ1n) is 7.52. The molecule has 2 N–H and O–H groups in total. The predicted molar refractivity (Wildman–Crippen MR) is 75.3 cm³/mol. The second-order valence-electron chi connectivity index (χ2n) is 6.01. The Morgan fingerprint density at radius 2 is 2.05 bits per heavy atom. The zero-order chi connectivity index (χ0) is 14.2. The quantitative estimate of drug-likeness (QED) is 0.894. The lowest BCUT2D eigenvalue weighted by Gasteiger charge is -2.45. The summed E-state index contributed by atoms with van der Waals surface area (Å²) in [5.74, 6) is 0.157. The fourth-order valence-electron chi connectivity index (χ4n) is 3.68. The van der Waals surface area contributed by atoms with Gasteiger partial charge in [-0.3, -0.25) is 0 Å². The number of fused-ring (bicyclic) bond motifs is 2. The summed E-state index contributed by atoms with van der Waals surface area (Å²) in [5.41, 5.74) is -0.630. The minimum Gasteiger partial charge on any atom is -0.494 e. The number of aliphatic hydroxyl groups is 1. The lowest BCUT2D eigenvalue weighted by atomic mass is 9.74. The Morgan fingerprint density at radius 3 is 2.65 bits per heavy atom. The molecule has 4 heteroatoms. The SMILES string of the molecule is CCOc1ccc(C2(O)CC3CCCC(C2)N3)c(F)c1. The minimum absolute atomic E-state index is 0.304. The van der Waals surface area contributed by atoms with E-state index in [-0.39, 0.29) is 5.82 Å². The zero-order valence-corrected chi connectivity index (χ0v) is 11.9. The molecule has 0 amide bonds. The van der Waals surface area contributed by atoms with Crippen LogP contribution in [0.4, 0.5) is 4.39 Å². The van der Waals surface area contributed by atoms with Gasteiger partial charge in [-0.15, -0.1) is 0 Å². The van der Waals surface area contributed by atoms with E-state index in [4.69, 9.17) is 4.74 Å². The van der Waals surface area contributed by atoms with Crippen molar-refractivity contribution >= 4 is 0 Å². The highest BCUT2D eigenvalue weighted by atomic mass is 19.1. The number of rotatable bonds is 3. The maximum absolute atomic E-state index is 14.3. The standard InChI is InChI=1S/C16H22FNO2/c1-2-20-13-6-7-14(15(17)8-13)16(19)9-11-4-3-5-12(10-16)18-11/h6-8,11-12,18-19H,2-5,9-10H2,1H3. The summed E-state index contributed by atoms with van der Waals surface area (Å²) < 4.78 is 19.6. The van der Waals surface area contributed by atoms with Crippen LogP contribution in [0.3, 0.4) is 0 Å². The van der Waals surface area contributed by atoms with Crippen LogP contribution in [0.2, 0.25) is 0 Å². The molecule has 3 nitrogen and oxygen atoms in total. The van der Waals surface area contributed by atoms with Crippen LogP contribution in [0.25, 0.3) is 0 Å². The van der Waals surface area contributed by atoms with Crippen molar-refractivity contribution in [2.45, 2.75) is 56.7 Å². The molecule has 2 aliphatic heterocycles. The van der Waals surface area contributed by atoms with Gasteiger partial charge >= 0.3 is 0 Å². The fraction of sp³-hybridized carbons (Fsp3) is 0.625. The number of ether oxygens (including phenoxy) is 1. The minimum atomic E-state index is -1.05. The topological polar surface area (TPSA) is 41.5 Å². The molecule has 2 unspecified atom stereocenters. The van der Waals surface area contributed by atoms with E-state index in [1.807, 2.05) is 6.92 Å². The van der Waals surface area contributed by atoms with Gasteiger partial charge in [0.2, 0.25) is 0 Å². The van der Waals surface area contributed by atoms with Crippen LogP contribution in [-0.4, -0.2) is 23.8 Å². The normalized spacial score (nSPS) is 33.0. The second kappa shape index (κ2) is 5.34. The summed E-state index contributed by atoms with van der Waals surface area (Å²) in [5, 5.41) is 14.5. The van der Waals surface area contributed by atoms with Gasteiger partial charge < -0.3 is 15.2 Å². The summed E-state index contributed by atoms with van der Waals surface area (Å²) in [6, 6.07) is 5.42. The molecule has 3 rings (SSSR count). The first-order valence-corrected chi connectivity index (χ1v) is 7.52. The summed E-state index contributed by atoms with van der Waals surface area (Å²) in [6.45, 7) is 2.38. The van der Waals surface area contributed by atoms with Gasteiger partial charge in [-0.1, -0.05) is 6.42 Å². The second-order valence-corrected chi connectivity index (χ2v) is 6.01. The molecule has 0 spiro atoms. The molecule has 2 aliphatic rings. The Labute approximate surface area is 119 Å². The molecular weight excluding hydrogens is 257 g/mol. The van der Waals surface area contributed by atoms with Gasteiger partial charge in [0, 0.05) is 23.7 Å². The van der Waals surface area contributed by atoms with Crippen molar-refractivity contribution < 1.29 is 14.2 Å². The predicted octanol–water partition coefficient (Wildman–Crippen LogP) is 2.72. The molecule has 0 radical (unpaired) electrons. The molecule has 2 fully saturated rings. The number of hydrogen-bond acceptors (Lipinski definition) is 3. The third-order valence-electron chi connectivity index (χ3n) is 4.50. The molecule has 0 aromatic heterocycles. The first-order chi connectivity index (χ1) is 9.60. The molecule has 0 saturated carbocycles. The van der Waals surface area contributed by atoms with E-state index in [2.05, 4.69) is 5.32 Å². The molecule has 20 heavy (non-hydrogen) atoms. The molecule has 2 atom stereocenters. The largest absolute Gasteiger partial charge is 0.494 e. The van der Waals surface area contributed by atoms with Gasteiger partial charge in [0.15, 0.2) is 0 Å². The molecule has 110 valence electrons.